The van der Waals surface area contributed by atoms with E-state index in [9.17, 15) is 9.59 Å². The van der Waals surface area contributed by atoms with E-state index in [0.717, 1.165) is 12.8 Å². The third-order valence-corrected chi connectivity index (χ3v) is 1.68. The molecule has 12 heavy (non-hydrogen) atoms. The lowest BCUT2D eigenvalue weighted by atomic mass is 10.0. The average Bonchev–Trinajstić information content (AvgIpc) is 1.84. The molecule has 0 fully saturated rings. The maximum Gasteiger partial charge on any atom is 0.140 e. The van der Waals surface area contributed by atoms with Crippen LogP contribution in [0.4, 0.5) is 0 Å². The number of carbonyl (C=O) groups is 2. The molecule has 0 heterocycles. The van der Waals surface area contributed by atoms with Gasteiger partial charge in [0.2, 0.25) is 0 Å². The molecule has 0 bridgehead atoms. The van der Waals surface area contributed by atoms with E-state index >= 15 is 0 Å². The summed E-state index contributed by atoms with van der Waals surface area (Å²) in [4.78, 5) is 21.5. The minimum absolute atomic E-state index is 0.0236. The lowest BCUT2D eigenvalue weighted by Gasteiger charge is -2.02. The number of ketones is 2. The van der Waals surface area contributed by atoms with Gasteiger partial charge in [0.25, 0.3) is 0 Å². The number of carbonyl (C=O) groups excluding carboxylic acids is 2. The Kier molecular flexibility index (Phi) is 5.60. The molecule has 0 aromatic carbocycles. The molecule has 0 atom stereocenters. The number of hydrogen-bond acceptors (Lipinski definition) is 2. The van der Waals surface area contributed by atoms with E-state index in [1.165, 1.54) is 6.92 Å². The Morgan fingerprint density at radius 2 is 1.83 bits per heavy atom. The summed E-state index contributed by atoms with van der Waals surface area (Å²) in [5, 5.41) is 0. The molecule has 0 rings (SSSR count). The van der Waals surface area contributed by atoms with Crippen LogP contribution >= 0.6 is 0 Å². The van der Waals surface area contributed by atoms with Gasteiger partial charge in [0, 0.05) is 6.42 Å². The first-order valence-electron chi connectivity index (χ1n) is 4.53. The van der Waals surface area contributed by atoms with Crippen LogP contribution < -0.4 is 0 Å². The van der Waals surface area contributed by atoms with E-state index in [1.807, 2.05) is 0 Å². The molecule has 0 aliphatic carbocycles. The van der Waals surface area contributed by atoms with Crippen LogP contribution in [0.1, 0.15) is 46.5 Å². The predicted molar refractivity (Wildman–Crippen MR) is 49.0 cm³/mol. The smallest absolute Gasteiger partial charge is 0.140 e. The molecule has 0 spiro atoms. The highest BCUT2D eigenvalue weighted by Crippen LogP contribution is 2.07. The second-order valence-corrected chi connectivity index (χ2v) is 3.70. The Balaban J connectivity index is 3.38. The Morgan fingerprint density at radius 3 is 2.25 bits per heavy atom. The Hall–Kier alpha value is -0.660. The molecule has 0 saturated heterocycles. The molecule has 0 amide bonds. The minimum Gasteiger partial charge on any atom is -0.300 e. The third-order valence-electron chi connectivity index (χ3n) is 1.68. The van der Waals surface area contributed by atoms with Gasteiger partial charge in [-0.25, -0.2) is 0 Å². The lowest BCUT2D eigenvalue weighted by molar-refractivity contribution is -0.125. The van der Waals surface area contributed by atoms with Crippen molar-refractivity contribution < 1.29 is 9.59 Å². The van der Waals surface area contributed by atoms with E-state index in [1.54, 1.807) is 0 Å². The molecule has 70 valence electrons. The van der Waals surface area contributed by atoms with Crippen LogP contribution in [0, 0.1) is 5.92 Å². The van der Waals surface area contributed by atoms with Crippen LogP contribution in [0.3, 0.4) is 0 Å². The van der Waals surface area contributed by atoms with Crippen LogP contribution in [0.15, 0.2) is 0 Å². The molecule has 0 aliphatic rings. The zero-order valence-corrected chi connectivity index (χ0v) is 8.22. The van der Waals surface area contributed by atoms with Crippen molar-refractivity contribution >= 4 is 11.6 Å². The summed E-state index contributed by atoms with van der Waals surface area (Å²) in [6.45, 7) is 5.73. The number of Topliss-reactive ketones (excluding diaryl/α,β-unsaturated/α-hetero) is 2. The standard InChI is InChI=1S/C10H18O2/c1-8(2)5-4-6-10(12)7-9(3)11/h8H,4-7H2,1-3H3. The van der Waals surface area contributed by atoms with Crippen LogP contribution in [-0.2, 0) is 9.59 Å². The molecule has 0 aromatic heterocycles. The largest absolute Gasteiger partial charge is 0.300 e. The topological polar surface area (TPSA) is 34.1 Å². The second kappa shape index (κ2) is 5.92. The SMILES string of the molecule is CC(=O)CC(=O)CCCC(C)C. The molecule has 2 heteroatoms. The second-order valence-electron chi connectivity index (χ2n) is 3.70. The minimum atomic E-state index is -0.0236. The molecule has 0 N–H and O–H groups in total. The van der Waals surface area contributed by atoms with Crippen molar-refractivity contribution in [2.45, 2.75) is 46.5 Å². The highest BCUT2D eigenvalue weighted by atomic mass is 16.1. The van der Waals surface area contributed by atoms with Gasteiger partial charge in [-0.2, -0.15) is 0 Å². The fourth-order valence-electron chi connectivity index (χ4n) is 1.07. The lowest BCUT2D eigenvalue weighted by Crippen LogP contribution is -2.04. The Labute approximate surface area is 74.3 Å². The maximum atomic E-state index is 11.0. The van der Waals surface area contributed by atoms with E-state index in [2.05, 4.69) is 13.8 Å². The third kappa shape index (κ3) is 7.45. The van der Waals surface area contributed by atoms with Crippen molar-refractivity contribution in [3.63, 3.8) is 0 Å². The Bertz CT molecular complexity index is 159. The van der Waals surface area contributed by atoms with Crippen LogP contribution in [0.2, 0.25) is 0 Å². The number of hydrogen-bond donors (Lipinski definition) is 0. The first-order chi connectivity index (χ1) is 5.52. The van der Waals surface area contributed by atoms with Gasteiger partial charge in [0.15, 0.2) is 0 Å². The predicted octanol–water partition coefficient (Wildman–Crippen LogP) is 2.36. The zero-order chi connectivity index (χ0) is 9.56. The number of rotatable bonds is 6. The summed E-state index contributed by atoms with van der Waals surface area (Å²) >= 11 is 0. The molecular formula is C10H18O2. The van der Waals surface area contributed by atoms with Gasteiger partial charge >= 0.3 is 0 Å². The molecule has 0 aliphatic heterocycles. The monoisotopic (exact) mass is 170 g/mol. The van der Waals surface area contributed by atoms with Gasteiger partial charge in [0.05, 0.1) is 6.42 Å². The van der Waals surface area contributed by atoms with Crippen LogP contribution in [0.25, 0.3) is 0 Å². The van der Waals surface area contributed by atoms with Crippen molar-refractivity contribution in [1.29, 1.82) is 0 Å². The quantitative estimate of drug-likeness (QED) is 0.573. The Morgan fingerprint density at radius 1 is 1.25 bits per heavy atom. The van der Waals surface area contributed by atoms with Gasteiger partial charge in [0.1, 0.15) is 11.6 Å². The van der Waals surface area contributed by atoms with Gasteiger partial charge in [-0.1, -0.05) is 20.3 Å². The average molecular weight is 170 g/mol. The normalized spacial score (nSPS) is 10.3. The molecule has 0 saturated carbocycles. The van der Waals surface area contributed by atoms with Crippen LogP contribution in [-0.4, -0.2) is 11.6 Å². The molecule has 0 aromatic rings. The van der Waals surface area contributed by atoms with Crippen molar-refractivity contribution in [1.82, 2.24) is 0 Å². The molecular weight excluding hydrogens is 152 g/mol. The summed E-state index contributed by atoms with van der Waals surface area (Å²) < 4.78 is 0. The fourth-order valence-corrected chi connectivity index (χ4v) is 1.07. The van der Waals surface area contributed by atoms with Gasteiger partial charge in [-0.3, -0.25) is 9.59 Å². The van der Waals surface area contributed by atoms with Crippen molar-refractivity contribution in [3.8, 4) is 0 Å². The highest BCUT2D eigenvalue weighted by molar-refractivity contribution is 5.97. The molecule has 0 radical (unpaired) electrons. The van der Waals surface area contributed by atoms with E-state index in [0.29, 0.717) is 12.3 Å². The summed E-state index contributed by atoms with van der Waals surface area (Å²) in [6, 6.07) is 0. The zero-order valence-electron chi connectivity index (χ0n) is 8.22. The maximum absolute atomic E-state index is 11.0. The summed E-state index contributed by atoms with van der Waals surface area (Å²) in [5.41, 5.74) is 0. The van der Waals surface area contributed by atoms with Crippen molar-refractivity contribution in [2.75, 3.05) is 0 Å². The highest BCUT2D eigenvalue weighted by Gasteiger charge is 2.05. The molecule has 0 unspecified atom stereocenters. The van der Waals surface area contributed by atoms with E-state index in [4.69, 9.17) is 0 Å². The molecule has 2 nitrogen and oxygen atoms in total. The summed E-state index contributed by atoms with van der Waals surface area (Å²) in [5.74, 6) is 0.711. The fraction of sp³-hybridized carbons (Fsp3) is 0.800. The van der Waals surface area contributed by atoms with Crippen LogP contribution in [0.5, 0.6) is 0 Å². The van der Waals surface area contributed by atoms with Gasteiger partial charge < -0.3 is 0 Å². The van der Waals surface area contributed by atoms with Crippen molar-refractivity contribution in [3.05, 3.63) is 0 Å². The van der Waals surface area contributed by atoms with Gasteiger partial charge in [-0.15, -0.1) is 0 Å². The van der Waals surface area contributed by atoms with E-state index in [-0.39, 0.29) is 18.0 Å². The summed E-state index contributed by atoms with van der Waals surface area (Å²) in [6.07, 6.45) is 2.68. The van der Waals surface area contributed by atoms with Crippen molar-refractivity contribution in [2.24, 2.45) is 5.92 Å². The summed E-state index contributed by atoms with van der Waals surface area (Å²) in [7, 11) is 0. The first-order valence-corrected chi connectivity index (χ1v) is 4.53. The van der Waals surface area contributed by atoms with E-state index < -0.39 is 0 Å². The first kappa shape index (κ1) is 11.3. The van der Waals surface area contributed by atoms with Gasteiger partial charge in [-0.05, 0) is 19.3 Å².